The number of aliphatic carboxylic acids is 2. The van der Waals surface area contributed by atoms with Crippen molar-refractivity contribution in [2.24, 2.45) is 0 Å². The maximum Gasteiger partial charge on any atom is 0.341 e. The second-order valence-electron chi connectivity index (χ2n) is 3.45. The molecule has 0 saturated heterocycles. The highest BCUT2D eigenvalue weighted by Crippen LogP contribution is 2.17. The number of hydrogen-bond donors (Lipinski definition) is 2. The van der Waals surface area contributed by atoms with E-state index in [4.69, 9.17) is 24.4 Å². The van der Waals surface area contributed by atoms with E-state index >= 15 is 0 Å². The summed E-state index contributed by atoms with van der Waals surface area (Å²) in [5.41, 5.74) is 0. The molecule has 19 heavy (non-hydrogen) atoms. The molecule has 0 atom stereocenters. The fourth-order valence-electron chi connectivity index (χ4n) is 1.16. The Bertz CT molecular complexity index is 413. The summed E-state index contributed by atoms with van der Waals surface area (Å²) in [6.45, 7) is -0.360. The van der Waals surface area contributed by atoms with E-state index in [1.165, 1.54) is 0 Å². The van der Waals surface area contributed by atoms with E-state index in [0.29, 0.717) is 11.5 Å². The second-order valence-corrected chi connectivity index (χ2v) is 3.45. The van der Waals surface area contributed by atoms with Gasteiger partial charge in [0.05, 0.1) is 6.61 Å². The first-order valence-electron chi connectivity index (χ1n) is 5.45. The van der Waals surface area contributed by atoms with Crippen molar-refractivity contribution in [3.8, 4) is 11.5 Å². The number of rotatable bonds is 9. The fraction of sp³-hybridized carbons (Fsp3) is 0.333. The molecule has 104 valence electrons. The van der Waals surface area contributed by atoms with Crippen molar-refractivity contribution in [2.45, 2.75) is 0 Å². The van der Waals surface area contributed by atoms with Crippen LogP contribution in [0.1, 0.15) is 0 Å². The van der Waals surface area contributed by atoms with Gasteiger partial charge in [-0.25, -0.2) is 9.59 Å². The molecule has 7 heteroatoms. The molecule has 0 aliphatic carbocycles. The van der Waals surface area contributed by atoms with Crippen molar-refractivity contribution in [1.29, 1.82) is 0 Å². The monoisotopic (exact) mass is 270 g/mol. The van der Waals surface area contributed by atoms with Gasteiger partial charge < -0.3 is 24.4 Å². The highest BCUT2D eigenvalue weighted by Gasteiger charge is 2.00. The molecule has 0 spiro atoms. The third-order valence-corrected chi connectivity index (χ3v) is 1.91. The fourth-order valence-corrected chi connectivity index (χ4v) is 1.16. The summed E-state index contributed by atoms with van der Waals surface area (Å²) in [6.07, 6.45) is 0. The van der Waals surface area contributed by atoms with Crippen LogP contribution in [0.4, 0.5) is 0 Å². The van der Waals surface area contributed by atoms with Crippen LogP contribution < -0.4 is 9.47 Å². The molecule has 1 aromatic carbocycles. The lowest BCUT2D eigenvalue weighted by Gasteiger charge is -2.07. The Labute approximate surface area is 109 Å². The average molecular weight is 270 g/mol. The quantitative estimate of drug-likeness (QED) is 0.634. The van der Waals surface area contributed by atoms with Crippen LogP contribution >= 0.6 is 0 Å². The molecular weight excluding hydrogens is 256 g/mol. The number of benzene rings is 1. The maximum atomic E-state index is 10.3. The highest BCUT2D eigenvalue weighted by atomic mass is 16.5. The molecular formula is C12H14O7. The van der Waals surface area contributed by atoms with Crippen molar-refractivity contribution < 1.29 is 34.0 Å². The van der Waals surface area contributed by atoms with E-state index in [2.05, 4.69) is 0 Å². The van der Waals surface area contributed by atoms with Crippen LogP contribution in [0.15, 0.2) is 24.3 Å². The minimum atomic E-state index is -1.05. The van der Waals surface area contributed by atoms with Crippen molar-refractivity contribution in [2.75, 3.05) is 26.4 Å². The van der Waals surface area contributed by atoms with Crippen LogP contribution in [0.2, 0.25) is 0 Å². The molecule has 7 nitrogen and oxygen atoms in total. The lowest BCUT2D eigenvalue weighted by Crippen LogP contribution is -2.12. The van der Waals surface area contributed by atoms with E-state index < -0.39 is 18.5 Å². The zero-order valence-corrected chi connectivity index (χ0v) is 10.1. The summed E-state index contributed by atoms with van der Waals surface area (Å²) < 4.78 is 15.0. The van der Waals surface area contributed by atoms with Crippen LogP contribution in [-0.4, -0.2) is 48.6 Å². The van der Waals surface area contributed by atoms with Crippen LogP contribution in [0, 0.1) is 0 Å². The molecule has 0 saturated carbocycles. The number of hydrogen-bond acceptors (Lipinski definition) is 5. The van der Waals surface area contributed by atoms with Crippen LogP contribution in [0.5, 0.6) is 11.5 Å². The van der Waals surface area contributed by atoms with Gasteiger partial charge in [-0.05, 0) is 24.3 Å². The van der Waals surface area contributed by atoms with E-state index in [9.17, 15) is 9.59 Å². The average Bonchev–Trinajstić information content (AvgIpc) is 2.37. The topological polar surface area (TPSA) is 102 Å². The number of carboxylic acids is 2. The first-order valence-corrected chi connectivity index (χ1v) is 5.45. The van der Waals surface area contributed by atoms with Gasteiger partial charge in [0.15, 0.2) is 6.61 Å². The molecule has 0 aliphatic rings. The normalized spacial score (nSPS) is 9.89. The highest BCUT2D eigenvalue weighted by molar-refractivity contribution is 5.68. The first kappa shape index (κ1) is 14.8. The van der Waals surface area contributed by atoms with Gasteiger partial charge in [0.1, 0.15) is 24.7 Å². The third-order valence-electron chi connectivity index (χ3n) is 1.91. The molecule has 0 aliphatic heterocycles. The lowest BCUT2D eigenvalue weighted by molar-refractivity contribution is -0.142. The summed E-state index contributed by atoms with van der Waals surface area (Å²) in [6, 6.07) is 6.40. The van der Waals surface area contributed by atoms with E-state index in [0.717, 1.165) is 0 Å². The molecule has 2 N–H and O–H groups in total. The van der Waals surface area contributed by atoms with Gasteiger partial charge in [0.2, 0.25) is 0 Å². The lowest BCUT2D eigenvalue weighted by atomic mass is 10.3. The van der Waals surface area contributed by atoms with Crippen LogP contribution in [0.25, 0.3) is 0 Å². The van der Waals surface area contributed by atoms with Gasteiger partial charge in [-0.2, -0.15) is 0 Å². The van der Waals surface area contributed by atoms with E-state index in [1.54, 1.807) is 24.3 Å². The molecule has 0 unspecified atom stereocenters. The third kappa shape index (κ3) is 6.89. The molecule has 0 heterocycles. The Balaban J connectivity index is 2.24. The Morgan fingerprint density at radius 1 is 0.842 bits per heavy atom. The molecule has 0 aromatic heterocycles. The van der Waals surface area contributed by atoms with Crippen molar-refractivity contribution in [3.05, 3.63) is 24.3 Å². The van der Waals surface area contributed by atoms with Gasteiger partial charge >= 0.3 is 11.9 Å². The number of carbonyl (C=O) groups is 2. The zero-order chi connectivity index (χ0) is 14.1. The minimum Gasteiger partial charge on any atom is -0.491 e. The second kappa shape index (κ2) is 7.93. The van der Waals surface area contributed by atoms with E-state index in [1.807, 2.05) is 0 Å². The Morgan fingerprint density at radius 2 is 1.37 bits per heavy atom. The molecule has 0 fully saturated rings. The number of carboxylic acid groups (broad SMARTS) is 2. The molecule has 0 radical (unpaired) electrons. The molecule has 0 amide bonds. The standard InChI is InChI=1S/C12H14O7/c13-11(14)7-17-5-6-18-9-1-3-10(4-2-9)19-8-12(15)16/h1-4H,5-8H2,(H,13,14)(H,15,16). The maximum absolute atomic E-state index is 10.3. The van der Waals surface area contributed by atoms with Crippen LogP contribution in [0.3, 0.4) is 0 Å². The van der Waals surface area contributed by atoms with Crippen molar-refractivity contribution in [1.82, 2.24) is 0 Å². The Hall–Kier alpha value is -2.28. The minimum absolute atomic E-state index is 0.170. The Kier molecular flexibility index (Phi) is 6.17. The summed E-state index contributed by atoms with van der Waals surface area (Å²) in [5.74, 6) is -1.09. The largest absolute Gasteiger partial charge is 0.491 e. The predicted octanol–water partition coefficient (Wildman–Crippen LogP) is 0.630. The summed E-state index contributed by atoms with van der Waals surface area (Å²) in [5, 5.41) is 16.8. The van der Waals surface area contributed by atoms with Gasteiger partial charge in [0, 0.05) is 0 Å². The SMILES string of the molecule is O=C(O)COCCOc1ccc(OCC(=O)O)cc1. The smallest absolute Gasteiger partial charge is 0.341 e. The van der Waals surface area contributed by atoms with Crippen molar-refractivity contribution >= 4 is 11.9 Å². The van der Waals surface area contributed by atoms with Gasteiger partial charge in [-0.15, -0.1) is 0 Å². The van der Waals surface area contributed by atoms with Crippen molar-refractivity contribution in [3.63, 3.8) is 0 Å². The molecule has 0 bridgehead atoms. The molecule has 1 aromatic rings. The zero-order valence-electron chi connectivity index (χ0n) is 10.1. The predicted molar refractivity (Wildman–Crippen MR) is 63.5 cm³/mol. The Morgan fingerprint density at radius 3 is 1.89 bits per heavy atom. The number of ether oxygens (including phenoxy) is 3. The van der Waals surface area contributed by atoms with Crippen LogP contribution in [-0.2, 0) is 14.3 Å². The summed E-state index contributed by atoms with van der Waals surface area (Å²) in [7, 11) is 0. The first-order chi connectivity index (χ1) is 9.08. The van der Waals surface area contributed by atoms with Gasteiger partial charge in [-0.1, -0.05) is 0 Å². The van der Waals surface area contributed by atoms with Gasteiger partial charge in [0.25, 0.3) is 0 Å². The summed E-state index contributed by atoms with van der Waals surface area (Å²) in [4.78, 5) is 20.4. The van der Waals surface area contributed by atoms with E-state index in [-0.39, 0.29) is 19.8 Å². The summed E-state index contributed by atoms with van der Waals surface area (Å²) >= 11 is 0. The van der Waals surface area contributed by atoms with Gasteiger partial charge in [-0.3, -0.25) is 0 Å². The molecule has 1 rings (SSSR count).